The van der Waals surface area contributed by atoms with E-state index in [4.69, 9.17) is 11.5 Å². The number of anilines is 3. The lowest BCUT2D eigenvalue weighted by Gasteiger charge is -2.14. The van der Waals surface area contributed by atoms with Gasteiger partial charge in [-0.3, -0.25) is 4.79 Å². The van der Waals surface area contributed by atoms with Gasteiger partial charge in [-0.05, 0) is 30.2 Å². The minimum absolute atomic E-state index is 0.332. The van der Waals surface area contributed by atoms with Crippen LogP contribution in [0.5, 0.6) is 0 Å². The number of nitrogen functional groups attached to an aromatic ring is 1. The quantitative estimate of drug-likeness (QED) is 0.735. The van der Waals surface area contributed by atoms with Crippen LogP contribution in [0.4, 0.5) is 17.1 Å². The van der Waals surface area contributed by atoms with E-state index in [-0.39, 0.29) is 0 Å². The van der Waals surface area contributed by atoms with Gasteiger partial charge in [-0.15, -0.1) is 0 Å². The van der Waals surface area contributed by atoms with Crippen molar-refractivity contribution in [3.05, 3.63) is 53.6 Å². The molecule has 0 spiro atoms. The summed E-state index contributed by atoms with van der Waals surface area (Å²) in [6.07, 6.45) is 0.915. The molecular formula is C15H17N3O. The summed E-state index contributed by atoms with van der Waals surface area (Å²) in [6, 6.07) is 13.2. The molecule has 0 atom stereocenters. The molecule has 4 heteroatoms. The van der Waals surface area contributed by atoms with Crippen LogP contribution < -0.4 is 16.8 Å². The summed E-state index contributed by atoms with van der Waals surface area (Å²) in [4.78, 5) is 11.3. The number of benzene rings is 2. The third-order valence-electron chi connectivity index (χ3n) is 3.04. The molecule has 1 amide bonds. The Bertz CT molecular complexity index is 608. The van der Waals surface area contributed by atoms with E-state index in [0.717, 1.165) is 12.1 Å². The van der Waals surface area contributed by atoms with E-state index >= 15 is 0 Å². The zero-order chi connectivity index (χ0) is 13.8. The van der Waals surface area contributed by atoms with Gasteiger partial charge in [-0.25, -0.2) is 0 Å². The molecule has 0 aliphatic heterocycles. The van der Waals surface area contributed by atoms with Gasteiger partial charge in [0.25, 0.3) is 5.91 Å². The molecule has 0 bridgehead atoms. The second-order valence-electron chi connectivity index (χ2n) is 4.27. The van der Waals surface area contributed by atoms with E-state index in [2.05, 4.69) is 18.3 Å². The van der Waals surface area contributed by atoms with Crippen LogP contribution in [0.3, 0.4) is 0 Å². The molecule has 0 fully saturated rings. The first-order chi connectivity index (χ1) is 9.13. The zero-order valence-corrected chi connectivity index (χ0v) is 10.8. The average molecular weight is 255 g/mol. The summed E-state index contributed by atoms with van der Waals surface area (Å²) in [5.74, 6) is -0.523. The molecule has 0 saturated carbocycles. The number of carbonyl (C=O) groups is 1. The normalized spacial score (nSPS) is 10.2. The Morgan fingerprint density at radius 3 is 2.47 bits per heavy atom. The van der Waals surface area contributed by atoms with Crippen LogP contribution in [0, 0.1) is 0 Å². The lowest BCUT2D eigenvalue weighted by Crippen LogP contribution is -2.14. The fourth-order valence-electron chi connectivity index (χ4n) is 1.98. The van der Waals surface area contributed by atoms with Crippen LogP contribution in [-0.4, -0.2) is 5.91 Å². The van der Waals surface area contributed by atoms with Crippen molar-refractivity contribution in [1.29, 1.82) is 0 Å². The van der Waals surface area contributed by atoms with Crippen LogP contribution in [-0.2, 0) is 6.42 Å². The van der Waals surface area contributed by atoms with E-state index in [0.29, 0.717) is 16.9 Å². The van der Waals surface area contributed by atoms with E-state index < -0.39 is 5.91 Å². The molecule has 0 aliphatic rings. The number of nitrogens with two attached hydrogens (primary N) is 2. The third-order valence-corrected chi connectivity index (χ3v) is 3.04. The molecule has 0 aromatic heterocycles. The minimum Gasteiger partial charge on any atom is -0.396 e. The lowest BCUT2D eigenvalue weighted by atomic mass is 10.1. The number of para-hydroxylation sites is 2. The van der Waals surface area contributed by atoms with E-state index in [1.807, 2.05) is 24.3 Å². The summed E-state index contributed by atoms with van der Waals surface area (Å²) in [6.45, 7) is 2.09. The fourth-order valence-corrected chi connectivity index (χ4v) is 1.98. The molecular weight excluding hydrogens is 238 g/mol. The number of rotatable bonds is 4. The van der Waals surface area contributed by atoms with Gasteiger partial charge in [0.1, 0.15) is 0 Å². The molecule has 19 heavy (non-hydrogen) atoms. The molecule has 0 heterocycles. The first-order valence-corrected chi connectivity index (χ1v) is 6.16. The highest BCUT2D eigenvalue weighted by molar-refractivity contribution is 6.01. The molecule has 0 unspecified atom stereocenters. The molecule has 98 valence electrons. The summed E-state index contributed by atoms with van der Waals surface area (Å²) >= 11 is 0. The highest BCUT2D eigenvalue weighted by Crippen LogP contribution is 2.27. The number of amides is 1. The van der Waals surface area contributed by atoms with Crippen LogP contribution in [0.2, 0.25) is 0 Å². The summed E-state index contributed by atoms with van der Waals surface area (Å²) in [5, 5.41) is 3.25. The molecule has 0 radical (unpaired) electrons. The largest absolute Gasteiger partial charge is 0.396 e. The summed E-state index contributed by atoms with van der Waals surface area (Å²) < 4.78 is 0. The molecule has 2 aromatic rings. The SMILES string of the molecule is CCc1ccccc1Nc1cccc(C(N)=O)c1N. The van der Waals surface area contributed by atoms with Crippen molar-refractivity contribution in [2.24, 2.45) is 5.73 Å². The molecule has 0 aliphatic carbocycles. The Balaban J connectivity index is 2.39. The maximum absolute atomic E-state index is 11.3. The number of primary amides is 1. The predicted molar refractivity (Wildman–Crippen MR) is 78.5 cm³/mol. The summed E-state index contributed by atoms with van der Waals surface area (Å²) in [7, 11) is 0. The van der Waals surface area contributed by atoms with Crippen LogP contribution in [0.15, 0.2) is 42.5 Å². The first-order valence-electron chi connectivity index (χ1n) is 6.16. The smallest absolute Gasteiger partial charge is 0.250 e. The van der Waals surface area contributed by atoms with Crippen LogP contribution >= 0.6 is 0 Å². The third kappa shape index (κ3) is 2.68. The highest BCUT2D eigenvalue weighted by atomic mass is 16.1. The van der Waals surface area contributed by atoms with Crippen molar-refractivity contribution >= 4 is 23.0 Å². The van der Waals surface area contributed by atoms with Gasteiger partial charge in [0.2, 0.25) is 0 Å². The Morgan fingerprint density at radius 2 is 1.79 bits per heavy atom. The van der Waals surface area contributed by atoms with E-state index in [9.17, 15) is 4.79 Å². The topological polar surface area (TPSA) is 81.1 Å². The number of hydrogen-bond acceptors (Lipinski definition) is 3. The Kier molecular flexibility index (Phi) is 3.71. The molecule has 2 aromatic carbocycles. The minimum atomic E-state index is -0.523. The Labute approximate surface area is 112 Å². The van der Waals surface area contributed by atoms with Crippen molar-refractivity contribution in [2.45, 2.75) is 13.3 Å². The van der Waals surface area contributed by atoms with Crippen LogP contribution in [0.1, 0.15) is 22.8 Å². The van der Waals surface area contributed by atoms with Gasteiger partial charge in [-0.2, -0.15) is 0 Å². The van der Waals surface area contributed by atoms with Crippen molar-refractivity contribution in [2.75, 3.05) is 11.1 Å². The van der Waals surface area contributed by atoms with Crippen molar-refractivity contribution in [3.63, 3.8) is 0 Å². The van der Waals surface area contributed by atoms with Gasteiger partial charge in [0, 0.05) is 5.69 Å². The van der Waals surface area contributed by atoms with E-state index in [1.54, 1.807) is 12.1 Å². The maximum Gasteiger partial charge on any atom is 0.250 e. The fraction of sp³-hybridized carbons (Fsp3) is 0.133. The first kappa shape index (κ1) is 13.0. The van der Waals surface area contributed by atoms with Crippen LogP contribution in [0.25, 0.3) is 0 Å². The average Bonchev–Trinajstić information content (AvgIpc) is 2.41. The predicted octanol–water partition coefficient (Wildman–Crippen LogP) is 2.67. The van der Waals surface area contributed by atoms with Gasteiger partial charge >= 0.3 is 0 Å². The second-order valence-corrected chi connectivity index (χ2v) is 4.27. The second kappa shape index (κ2) is 5.44. The number of carbonyl (C=O) groups excluding carboxylic acids is 1. The number of nitrogens with one attached hydrogen (secondary N) is 1. The maximum atomic E-state index is 11.3. The van der Waals surface area contributed by atoms with Crippen molar-refractivity contribution < 1.29 is 4.79 Å². The molecule has 5 N–H and O–H groups in total. The monoisotopic (exact) mass is 255 g/mol. The van der Waals surface area contributed by atoms with Crippen molar-refractivity contribution in [3.8, 4) is 0 Å². The standard InChI is InChI=1S/C15H17N3O/c1-2-10-6-3-4-8-12(10)18-13-9-5-7-11(14(13)16)15(17)19/h3-9,18H,2,16H2,1H3,(H2,17,19). The number of aryl methyl sites for hydroxylation is 1. The molecule has 4 nitrogen and oxygen atoms in total. The molecule has 0 saturated heterocycles. The highest BCUT2D eigenvalue weighted by Gasteiger charge is 2.10. The Hall–Kier alpha value is -2.49. The Morgan fingerprint density at radius 1 is 1.11 bits per heavy atom. The number of hydrogen-bond donors (Lipinski definition) is 3. The van der Waals surface area contributed by atoms with Gasteiger partial charge in [-0.1, -0.05) is 31.2 Å². The summed E-state index contributed by atoms with van der Waals surface area (Å²) in [5.41, 5.74) is 14.8. The van der Waals surface area contributed by atoms with Gasteiger partial charge < -0.3 is 16.8 Å². The lowest BCUT2D eigenvalue weighted by molar-refractivity contribution is 0.100. The van der Waals surface area contributed by atoms with Gasteiger partial charge in [0.05, 0.1) is 16.9 Å². The van der Waals surface area contributed by atoms with E-state index in [1.165, 1.54) is 5.56 Å². The molecule has 2 rings (SSSR count). The van der Waals surface area contributed by atoms with Gasteiger partial charge in [0.15, 0.2) is 0 Å². The zero-order valence-electron chi connectivity index (χ0n) is 10.8. The van der Waals surface area contributed by atoms with Crippen molar-refractivity contribution in [1.82, 2.24) is 0 Å².